The molecule has 8 heteroatoms. The molecule has 1 aromatic rings. The number of aliphatic hydroxyl groups is 1. The van der Waals surface area contributed by atoms with Crippen molar-refractivity contribution in [2.24, 2.45) is 0 Å². The SMILES string of the molecule is COCCN(CCO)C(=O)c1ccc(Cl)cc1[N+](=O)[O-]. The van der Waals surface area contributed by atoms with E-state index in [1.54, 1.807) is 0 Å². The van der Waals surface area contributed by atoms with Gasteiger partial charge in [-0.3, -0.25) is 14.9 Å². The molecule has 0 saturated heterocycles. The minimum atomic E-state index is -0.660. The normalized spacial score (nSPS) is 10.3. The number of carbonyl (C=O) groups is 1. The van der Waals surface area contributed by atoms with Crippen molar-refractivity contribution in [2.75, 3.05) is 33.4 Å². The largest absolute Gasteiger partial charge is 0.395 e. The third kappa shape index (κ3) is 4.16. The Labute approximate surface area is 120 Å². The molecule has 0 saturated carbocycles. The minimum absolute atomic E-state index is 0.0658. The summed E-state index contributed by atoms with van der Waals surface area (Å²) in [5, 5.41) is 20.1. The second-order valence-corrected chi connectivity index (χ2v) is 4.36. The number of halogens is 1. The Hall–Kier alpha value is -1.70. The summed E-state index contributed by atoms with van der Waals surface area (Å²) in [6.45, 7) is 0.335. The van der Waals surface area contributed by atoms with Gasteiger partial charge in [0.2, 0.25) is 0 Å². The zero-order valence-electron chi connectivity index (χ0n) is 10.9. The second kappa shape index (κ2) is 7.78. The van der Waals surface area contributed by atoms with Crippen molar-refractivity contribution in [3.05, 3.63) is 38.9 Å². The molecule has 0 unspecified atom stereocenters. The Kier molecular flexibility index (Phi) is 6.37. The predicted octanol–water partition coefficient (Wildman–Crippen LogP) is 1.33. The molecular weight excluding hydrogens is 288 g/mol. The molecule has 0 aromatic heterocycles. The van der Waals surface area contributed by atoms with Crippen LogP contribution >= 0.6 is 11.6 Å². The fraction of sp³-hybridized carbons (Fsp3) is 0.417. The molecule has 20 heavy (non-hydrogen) atoms. The molecule has 1 N–H and O–H groups in total. The molecular formula is C12H15ClN2O5. The van der Waals surface area contributed by atoms with Crippen LogP contribution in [0.25, 0.3) is 0 Å². The number of ether oxygens (including phenoxy) is 1. The van der Waals surface area contributed by atoms with E-state index >= 15 is 0 Å². The summed E-state index contributed by atoms with van der Waals surface area (Å²) < 4.78 is 4.87. The lowest BCUT2D eigenvalue weighted by atomic mass is 10.1. The van der Waals surface area contributed by atoms with E-state index in [0.717, 1.165) is 6.07 Å². The highest BCUT2D eigenvalue weighted by Crippen LogP contribution is 2.24. The zero-order chi connectivity index (χ0) is 15.1. The number of rotatable bonds is 7. The highest BCUT2D eigenvalue weighted by Gasteiger charge is 2.24. The summed E-state index contributed by atoms with van der Waals surface area (Å²) in [5.41, 5.74) is -0.424. The van der Waals surface area contributed by atoms with Crippen LogP contribution in [0.1, 0.15) is 10.4 Å². The molecule has 0 spiro atoms. The molecule has 0 atom stereocenters. The van der Waals surface area contributed by atoms with Crippen molar-refractivity contribution in [1.29, 1.82) is 0 Å². The zero-order valence-corrected chi connectivity index (χ0v) is 11.7. The van der Waals surface area contributed by atoms with Crippen LogP contribution < -0.4 is 0 Å². The third-order valence-electron chi connectivity index (χ3n) is 2.61. The van der Waals surface area contributed by atoms with E-state index in [2.05, 4.69) is 0 Å². The maximum Gasteiger partial charge on any atom is 0.283 e. The Bertz CT molecular complexity index is 495. The predicted molar refractivity (Wildman–Crippen MR) is 73.0 cm³/mol. The van der Waals surface area contributed by atoms with Gasteiger partial charge in [-0.25, -0.2) is 0 Å². The smallest absolute Gasteiger partial charge is 0.283 e. The van der Waals surface area contributed by atoms with Crippen molar-refractivity contribution < 1.29 is 19.6 Å². The number of nitro groups is 1. The van der Waals surface area contributed by atoms with E-state index < -0.39 is 10.8 Å². The molecule has 7 nitrogen and oxygen atoms in total. The highest BCUT2D eigenvalue weighted by molar-refractivity contribution is 6.31. The molecule has 0 aliphatic rings. The van der Waals surface area contributed by atoms with Crippen LogP contribution in [0.15, 0.2) is 18.2 Å². The van der Waals surface area contributed by atoms with Gasteiger partial charge in [0.15, 0.2) is 0 Å². The summed E-state index contributed by atoms with van der Waals surface area (Å²) in [7, 11) is 1.48. The van der Waals surface area contributed by atoms with Gasteiger partial charge in [0.05, 0.1) is 18.1 Å². The third-order valence-corrected chi connectivity index (χ3v) is 2.84. The van der Waals surface area contributed by atoms with Crippen molar-refractivity contribution in [2.45, 2.75) is 0 Å². The lowest BCUT2D eigenvalue weighted by Crippen LogP contribution is -2.36. The first-order valence-electron chi connectivity index (χ1n) is 5.84. The maximum absolute atomic E-state index is 12.3. The van der Waals surface area contributed by atoms with Gasteiger partial charge in [-0.2, -0.15) is 0 Å². The van der Waals surface area contributed by atoms with Gasteiger partial charge in [-0.05, 0) is 12.1 Å². The van der Waals surface area contributed by atoms with Crippen molar-refractivity contribution in [1.82, 2.24) is 4.90 Å². The molecule has 0 aliphatic carbocycles. The van der Waals surface area contributed by atoms with E-state index in [1.165, 1.54) is 24.1 Å². The average molecular weight is 303 g/mol. The number of amides is 1. The van der Waals surface area contributed by atoms with Crippen molar-refractivity contribution in [3.8, 4) is 0 Å². The van der Waals surface area contributed by atoms with Gasteiger partial charge < -0.3 is 14.7 Å². The van der Waals surface area contributed by atoms with Crippen molar-refractivity contribution in [3.63, 3.8) is 0 Å². The van der Waals surface area contributed by atoms with Crippen LogP contribution in [0.5, 0.6) is 0 Å². The van der Waals surface area contributed by atoms with Crippen LogP contribution in [0.3, 0.4) is 0 Å². The number of hydrogen-bond donors (Lipinski definition) is 1. The highest BCUT2D eigenvalue weighted by atomic mass is 35.5. The van der Waals surface area contributed by atoms with Gasteiger partial charge >= 0.3 is 0 Å². The van der Waals surface area contributed by atoms with Crippen molar-refractivity contribution >= 4 is 23.2 Å². The minimum Gasteiger partial charge on any atom is -0.395 e. The number of aliphatic hydroxyl groups excluding tert-OH is 1. The van der Waals surface area contributed by atoms with Gasteiger partial charge in [-0.15, -0.1) is 0 Å². The molecule has 1 rings (SSSR count). The van der Waals surface area contributed by atoms with E-state index in [1.807, 2.05) is 0 Å². The number of carbonyl (C=O) groups excluding carboxylic acids is 1. The number of nitro benzene ring substituents is 1. The van der Waals surface area contributed by atoms with Crippen LogP contribution in [0, 0.1) is 10.1 Å². The summed E-state index contributed by atoms with van der Waals surface area (Å²) in [6, 6.07) is 3.84. The maximum atomic E-state index is 12.3. The number of methoxy groups -OCH3 is 1. The number of benzene rings is 1. The first-order valence-corrected chi connectivity index (χ1v) is 6.22. The monoisotopic (exact) mass is 302 g/mol. The van der Waals surface area contributed by atoms with Crippen LogP contribution in [-0.2, 0) is 4.74 Å². The molecule has 1 amide bonds. The Morgan fingerprint density at radius 2 is 2.20 bits per heavy atom. The summed E-state index contributed by atoms with van der Waals surface area (Å²) in [4.78, 5) is 23.9. The van der Waals surface area contributed by atoms with Crippen LogP contribution in [-0.4, -0.2) is 54.3 Å². The van der Waals surface area contributed by atoms with E-state index in [4.69, 9.17) is 21.4 Å². The van der Waals surface area contributed by atoms with Gasteiger partial charge in [0.25, 0.3) is 11.6 Å². The average Bonchev–Trinajstić information content (AvgIpc) is 2.42. The fourth-order valence-corrected chi connectivity index (χ4v) is 1.81. The van der Waals surface area contributed by atoms with Crippen LogP contribution in [0.2, 0.25) is 5.02 Å². The quantitative estimate of drug-likeness (QED) is 0.606. The lowest BCUT2D eigenvalue weighted by molar-refractivity contribution is -0.385. The van der Waals surface area contributed by atoms with E-state index in [0.29, 0.717) is 0 Å². The fourth-order valence-electron chi connectivity index (χ4n) is 1.64. The molecule has 0 radical (unpaired) electrons. The Morgan fingerprint density at radius 3 is 2.75 bits per heavy atom. The Morgan fingerprint density at radius 1 is 1.50 bits per heavy atom. The number of nitrogens with zero attached hydrogens (tertiary/aromatic N) is 2. The molecule has 0 fully saturated rings. The number of hydrogen-bond acceptors (Lipinski definition) is 5. The summed E-state index contributed by atoms with van der Waals surface area (Å²) in [6.07, 6.45) is 0. The van der Waals surface area contributed by atoms with Gasteiger partial charge in [-0.1, -0.05) is 11.6 Å². The molecule has 110 valence electrons. The first kappa shape index (κ1) is 16.4. The first-order chi connectivity index (χ1) is 9.51. The molecule has 0 bridgehead atoms. The second-order valence-electron chi connectivity index (χ2n) is 3.93. The van der Waals surface area contributed by atoms with E-state index in [-0.39, 0.29) is 42.6 Å². The Balaban J connectivity index is 3.07. The topological polar surface area (TPSA) is 92.9 Å². The summed E-state index contributed by atoms with van der Waals surface area (Å²) in [5.74, 6) is -0.542. The van der Waals surface area contributed by atoms with Gasteiger partial charge in [0, 0.05) is 31.3 Å². The standard InChI is InChI=1S/C12H15ClN2O5/c1-20-7-5-14(4-6-16)12(17)10-3-2-9(13)8-11(10)15(18)19/h2-3,8,16H,4-7H2,1H3. The molecule has 1 aromatic carbocycles. The van der Waals surface area contributed by atoms with Gasteiger partial charge in [0.1, 0.15) is 5.56 Å². The molecule has 0 aliphatic heterocycles. The van der Waals surface area contributed by atoms with Crippen LogP contribution in [0.4, 0.5) is 5.69 Å². The summed E-state index contributed by atoms with van der Waals surface area (Å²) >= 11 is 5.70. The lowest BCUT2D eigenvalue weighted by Gasteiger charge is -2.21. The molecule has 0 heterocycles. The van der Waals surface area contributed by atoms with E-state index in [9.17, 15) is 14.9 Å².